The number of methoxy groups -OCH3 is 1. The van der Waals surface area contributed by atoms with Crippen molar-refractivity contribution in [3.63, 3.8) is 0 Å². The number of halogens is 1. The van der Waals surface area contributed by atoms with E-state index in [1.807, 2.05) is 45.0 Å². The van der Waals surface area contributed by atoms with Crippen LogP contribution in [0.1, 0.15) is 29.8 Å². The molecule has 1 unspecified atom stereocenters. The number of anilines is 1. The first kappa shape index (κ1) is 14.6. The highest BCUT2D eigenvalue weighted by atomic mass is 35.5. The summed E-state index contributed by atoms with van der Waals surface area (Å²) in [4.78, 5) is 8.65. The zero-order chi connectivity index (χ0) is 14.7. The molecule has 4 nitrogen and oxygen atoms in total. The van der Waals surface area contributed by atoms with Crippen LogP contribution in [-0.4, -0.2) is 17.1 Å². The average molecular weight is 292 g/mol. The lowest BCUT2D eigenvalue weighted by Gasteiger charge is -2.15. The Kier molecular flexibility index (Phi) is 4.45. The molecule has 1 atom stereocenters. The van der Waals surface area contributed by atoms with Gasteiger partial charge in [-0.3, -0.25) is 0 Å². The Morgan fingerprint density at radius 3 is 2.35 bits per heavy atom. The zero-order valence-corrected chi connectivity index (χ0v) is 12.8. The fraction of sp³-hybridized carbons (Fsp3) is 0.333. The maximum Gasteiger partial charge on any atom is 0.224 e. The molecular weight excluding hydrogens is 274 g/mol. The Hall–Kier alpha value is -1.81. The third kappa shape index (κ3) is 3.20. The van der Waals surface area contributed by atoms with Gasteiger partial charge < -0.3 is 10.1 Å². The van der Waals surface area contributed by atoms with Gasteiger partial charge in [0.15, 0.2) is 0 Å². The van der Waals surface area contributed by atoms with Crippen molar-refractivity contribution in [2.24, 2.45) is 0 Å². The molecule has 0 fully saturated rings. The summed E-state index contributed by atoms with van der Waals surface area (Å²) in [6.07, 6.45) is 0. The van der Waals surface area contributed by atoms with Crippen molar-refractivity contribution in [3.8, 4) is 5.75 Å². The van der Waals surface area contributed by atoms with Gasteiger partial charge in [0.2, 0.25) is 5.95 Å². The molecule has 1 aromatic heterocycles. The smallest absolute Gasteiger partial charge is 0.224 e. The Morgan fingerprint density at radius 1 is 1.15 bits per heavy atom. The van der Waals surface area contributed by atoms with E-state index >= 15 is 0 Å². The van der Waals surface area contributed by atoms with Gasteiger partial charge in [-0.05, 0) is 38.5 Å². The third-order valence-electron chi connectivity index (χ3n) is 3.29. The molecule has 0 amide bonds. The van der Waals surface area contributed by atoms with Crippen molar-refractivity contribution in [1.29, 1.82) is 0 Å². The van der Waals surface area contributed by atoms with E-state index in [1.165, 1.54) is 0 Å². The third-order valence-corrected chi connectivity index (χ3v) is 3.66. The molecule has 0 saturated heterocycles. The summed E-state index contributed by atoms with van der Waals surface area (Å²) in [5.74, 6) is 1.38. The van der Waals surface area contributed by atoms with Crippen LogP contribution in [0.25, 0.3) is 0 Å². The first-order valence-electron chi connectivity index (χ1n) is 6.42. The Labute approximate surface area is 124 Å². The van der Waals surface area contributed by atoms with Gasteiger partial charge in [-0.2, -0.15) is 0 Å². The average Bonchev–Trinajstić information content (AvgIpc) is 2.44. The van der Waals surface area contributed by atoms with Crippen molar-refractivity contribution >= 4 is 17.5 Å². The summed E-state index contributed by atoms with van der Waals surface area (Å²) in [5.41, 5.74) is 2.92. The van der Waals surface area contributed by atoms with Gasteiger partial charge in [-0.15, -0.1) is 0 Å². The molecule has 0 spiro atoms. The predicted octanol–water partition coefficient (Wildman–Crippen LogP) is 3.93. The highest BCUT2D eigenvalue weighted by Gasteiger charge is 2.10. The minimum absolute atomic E-state index is 0.0825. The Morgan fingerprint density at radius 2 is 1.80 bits per heavy atom. The number of hydrogen-bond donors (Lipinski definition) is 1. The van der Waals surface area contributed by atoms with Crippen LogP contribution in [0.4, 0.5) is 5.95 Å². The molecule has 106 valence electrons. The number of hydrogen-bond acceptors (Lipinski definition) is 4. The van der Waals surface area contributed by atoms with E-state index in [-0.39, 0.29) is 6.04 Å². The van der Waals surface area contributed by atoms with Gasteiger partial charge in [0.1, 0.15) is 10.9 Å². The lowest BCUT2D eigenvalue weighted by Crippen LogP contribution is -2.10. The lowest BCUT2D eigenvalue weighted by molar-refractivity contribution is 0.414. The van der Waals surface area contributed by atoms with E-state index in [2.05, 4.69) is 15.3 Å². The molecule has 0 aliphatic heterocycles. The normalized spacial score (nSPS) is 12.1. The minimum atomic E-state index is 0.0825. The second kappa shape index (κ2) is 6.09. The Bertz CT molecular complexity index is 576. The molecule has 0 radical (unpaired) electrons. The molecule has 0 aliphatic rings. The summed E-state index contributed by atoms with van der Waals surface area (Å²) < 4.78 is 5.15. The zero-order valence-electron chi connectivity index (χ0n) is 12.1. The molecule has 1 N–H and O–H groups in total. The van der Waals surface area contributed by atoms with Gasteiger partial charge in [0.05, 0.1) is 13.2 Å². The lowest BCUT2D eigenvalue weighted by atomic mass is 10.1. The fourth-order valence-corrected chi connectivity index (χ4v) is 2.04. The summed E-state index contributed by atoms with van der Waals surface area (Å²) in [6, 6.07) is 7.97. The van der Waals surface area contributed by atoms with Crippen LogP contribution in [0.5, 0.6) is 5.75 Å². The van der Waals surface area contributed by atoms with Crippen molar-refractivity contribution in [2.45, 2.75) is 26.8 Å². The van der Waals surface area contributed by atoms with Gasteiger partial charge in [-0.1, -0.05) is 23.7 Å². The quantitative estimate of drug-likeness (QED) is 0.867. The maximum atomic E-state index is 6.08. The molecule has 0 bridgehead atoms. The van der Waals surface area contributed by atoms with Crippen LogP contribution in [0.2, 0.25) is 5.15 Å². The van der Waals surface area contributed by atoms with E-state index in [4.69, 9.17) is 16.3 Å². The second-order valence-corrected chi connectivity index (χ2v) is 5.05. The molecule has 0 aliphatic carbocycles. The van der Waals surface area contributed by atoms with Crippen LogP contribution in [-0.2, 0) is 0 Å². The second-order valence-electron chi connectivity index (χ2n) is 4.69. The molecule has 1 aromatic carbocycles. The number of rotatable bonds is 4. The first-order valence-corrected chi connectivity index (χ1v) is 6.80. The summed E-state index contributed by atoms with van der Waals surface area (Å²) in [6.45, 7) is 5.88. The number of nitrogens with zero attached hydrogens (tertiary/aromatic N) is 2. The van der Waals surface area contributed by atoms with Crippen LogP contribution < -0.4 is 10.1 Å². The topological polar surface area (TPSA) is 47.0 Å². The number of aryl methyl sites for hydroxylation is 1. The van der Waals surface area contributed by atoms with Crippen LogP contribution in [0.3, 0.4) is 0 Å². The van der Waals surface area contributed by atoms with E-state index in [0.717, 1.165) is 22.6 Å². The standard InChI is InChI=1S/C15H18ClN3O/c1-9-10(2)17-15(19-14(9)16)18-11(3)12-5-7-13(20-4)8-6-12/h5-8,11H,1-4H3,(H,17,18,19). The van der Waals surface area contributed by atoms with E-state index in [9.17, 15) is 0 Å². The molecule has 0 saturated carbocycles. The minimum Gasteiger partial charge on any atom is -0.497 e. The largest absolute Gasteiger partial charge is 0.497 e. The molecule has 1 heterocycles. The molecule has 5 heteroatoms. The number of ether oxygens (including phenoxy) is 1. The monoisotopic (exact) mass is 291 g/mol. The SMILES string of the molecule is COc1ccc(C(C)Nc2nc(C)c(C)c(Cl)n2)cc1. The van der Waals surface area contributed by atoms with Crippen LogP contribution >= 0.6 is 11.6 Å². The summed E-state index contributed by atoms with van der Waals surface area (Å²) in [5, 5.41) is 3.74. The molecular formula is C15H18ClN3O. The van der Waals surface area contributed by atoms with Crippen LogP contribution in [0.15, 0.2) is 24.3 Å². The highest BCUT2D eigenvalue weighted by Crippen LogP contribution is 2.22. The summed E-state index contributed by atoms with van der Waals surface area (Å²) in [7, 11) is 1.65. The van der Waals surface area contributed by atoms with Gasteiger partial charge in [0, 0.05) is 11.3 Å². The fourth-order valence-electron chi connectivity index (χ4n) is 1.83. The highest BCUT2D eigenvalue weighted by molar-refractivity contribution is 6.30. The van der Waals surface area contributed by atoms with Gasteiger partial charge in [-0.25, -0.2) is 9.97 Å². The van der Waals surface area contributed by atoms with E-state index in [0.29, 0.717) is 11.1 Å². The van der Waals surface area contributed by atoms with E-state index in [1.54, 1.807) is 7.11 Å². The van der Waals surface area contributed by atoms with Crippen molar-refractivity contribution in [3.05, 3.63) is 46.2 Å². The Balaban J connectivity index is 2.16. The van der Waals surface area contributed by atoms with Crippen molar-refractivity contribution in [1.82, 2.24) is 9.97 Å². The van der Waals surface area contributed by atoms with Crippen molar-refractivity contribution in [2.75, 3.05) is 12.4 Å². The number of nitrogens with one attached hydrogen (secondary N) is 1. The molecule has 2 rings (SSSR count). The van der Waals surface area contributed by atoms with Crippen molar-refractivity contribution < 1.29 is 4.74 Å². The van der Waals surface area contributed by atoms with E-state index < -0.39 is 0 Å². The maximum absolute atomic E-state index is 6.08. The molecule has 2 aromatic rings. The number of benzene rings is 1. The van der Waals surface area contributed by atoms with Gasteiger partial charge in [0.25, 0.3) is 0 Å². The van der Waals surface area contributed by atoms with Gasteiger partial charge >= 0.3 is 0 Å². The van der Waals surface area contributed by atoms with Crippen LogP contribution in [0, 0.1) is 13.8 Å². The summed E-state index contributed by atoms with van der Waals surface area (Å²) >= 11 is 6.08. The predicted molar refractivity (Wildman–Crippen MR) is 81.5 cm³/mol. The number of aromatic nitrogens is 2. The molecule has 20 heavy (non-hydrogen) atoms. The first-order chi connectivity index (χ1) is 9.51.